The number of anilines is 1. The van der Waals surface area contributed by atoms with E-state index in [0.717, 1.165) is 6.42 Å². The average molecular weight is 418 g/mol. The Bertz CT molecular complexity index is 1050. The summed E-state index contributed by atoms with van der Waals surface area (Å²) in [7, 11) is 0. The van der Waals surface area contributed by atoms with E-state index in [-0.39, 0.29) is 23.1 Å². The maximum absolute atomic E-state index is 12.5. The van der Waals surface area contributed by atoms with Crippen LogP contribution in [0.25, 0.3) is 0 Å². The van der Waals surface area contributed by atoms with Crippen LogP contribution in [-0.2, 0) is 9.53 Å². The van der Waals surface area contributed by atoms with Crippen LogP contribution in [0.5, 0.6) is 11.6 Å². The summed E-state index contributed by atoms with van der Waals surface area (Å²) in [5.74, 6) is -0.540. The monoisotopic (exact) mass is 418 g/mol. The van der Waals surface area contributed by atoms with Crippen molar-refractivity contribution in [2.24, 2.45) is 0 Å². The molecule has 1 heterocycles. The molecule has 2 aromatic carbocycles. The fourth-order valence-corrected chi connectivity index (χ4v) is 2.71. The van der Waals surface area contributed by atoms with Crippen molar-refractivity contribution >= 4 is 23.3 Å². The number of hydrogen-bond acceptors (Lipinski definition) is 6. The first-order valence-electron chi connectivity index (χ1n) is 9.85. The third-order valence-corrected chi connectivity index (χ3v) is 4.25. The predicted molar refractivity (Wildman–Crippen MR) is 115 cm³/mol. The van der Waals surface area contributed by atoms with Crippen molar-refractivity contribution in [3.8, 4) is 11.6 Å². The number of hydrogen-bond donors (Lipinski definition) is 1. The Morgan fingerprint density at radius 1 is 0.935 bits per heavy atom. The van der Waals surface area contributed by atoms with Gasteiger partial charge in [0.25, 0.3) is 0 Å². The maximum Gasteiger partial charge on any atom is 0.344 e. The van der Waals surface area contributed by atoms with Gasteiger partial charge in [0.2, 0.25) is 11.8 Å². The number of amides is 1. The van der Waals surface area contributed by atoms with Gasteiger partial charge in [0.05, 0.1) is 0 Å². The van der Waals surface area contributed by atoms with Crippen LogP contribution in [-0.4, -0.2) is 29.3 Å². The molecule has 3 rings (SSSR count). The molecule has 0 unspecified atom stereocenters. The van der Waals surface area contributed by atoms with Gasteiger partial charge in [-0.05, 0) is 55.0 Å². The van der Waals surface area contributed by atoms with Gasteiger partial charge in [0, 0.05) is 23.9 Å². The zero-order valence-electron chi connectivity index (χ0n) is 17.0. The SMILES string of the molecule is CCCC(=O)Nc1ccc(C(=O)COC(=O)c2cccnc2Oc2ccccc2)cc1. The molecular weight excluding hydrogens is 396 g/mol. The van der Waals surface area contributed by atoms with E-state index >= 15 is 0 Å². The minimum absolute atomic E-state index is 0.0829. The number of aromatic nitrogens is 1. The number of para-hydroxylation sites is 1. The molecule has 1 amide bonds. The molecule has 0 atom stereocenters. The highest BCUT2D eigenvalue weighted by molar-refractivity contribution is 6.00. The Morgan fingerprint density at radius 3 is 2.39 bits per heavy atom. The van der Waals surface area contributed by atoms with Crippen molar-refractivity contribution in [2.75, 3.05) is 11.9 Å². The normalized spacial score (nSPS) is 10.2. The molecule has 0 saturated heterocycles. The minimum Gasteiger partial charge on any atom is -0.454 e. The van der Waals surface area contributed by atoms with Crippen molar-refractivity contribution in [3.63, 3.8) is 0 Å². The second-order valence-corrected chi connectivity index (χ2v) is 6.65. The number of benzene rings is 2. The van der Waals surface area contributed by atoms with E-state index in [2.05, 4.69) is 10.3 Å². The number of ether oxygens (including phenoxy) is 2. The second-order valence-electron chi connectivity index (χ2n) is 6.65. The number of ketones is 1. The van der Waals surface area contributed by atoms with E-state index in [9.17, 15) is 14.4 Å². The van der Waals surface area contributed by atoms with E-state index in [4.69, 9.17) is 9.47 Å². The predicted octanol–water partition coefficient (Wildman–Crippen LogP) is 4.65. The van der Waals surface area contributed by atoms with E-state index in [0.29, 0.717) is 23.4 Å². The van der Waals surface area contributed by atoms with Crippen LogP contribution in [0.2, 0.25) is 0 Å². The summed E-state index contributed by atoms with van der Waals surface area (Å²) >= 11 is 0. The smallest absolute Gasteiger partial charge is 0.344 e. The molecular formula is C24H22N2O5. The molecule has 31 heavy (non-hydrogen) atoms. The standard InChI is InChI=1S/C24H22N2O5/c1-2-7-22(28)26-18-13-11-17(12-14-18)21(27)16-30-24(29)20-10-6-15-25-23(20)31-19-8-4-3-5-9-19/h3-6,8-15H,2,7,16H2,1H3,(H,26,28). The highest BCUT2D eigenvalue weighted by Gasteiger charge is 2.18. The van der Waals surface area contributed by atoms with Crippen LogP contribution < -0.4 is 10.1 Å². The van der Waals surface area contributed by atoms with Crippen LogP contribution in [0.3, 0.4) is 0 Å². The van der Waals surface area contributed by atoms with Gasteiger partial charge < -0.3 is 14.8 Å². The van der Waals surface area contributed by atoms with Crippen molar-refractivity contribution in [1.29, 1.82) is 0 Å². The minimum atomic E-state index is -0.712. The van der Waals surface area contributed by atoms with E-state index in [1.165, 1.54) is 12.3 Å². The number of carbonyl (C=O) groups excluding carboxylic acids is 3. The lowest BCUT2D eigenvalue weighted by atomic mass is 10.1. The first-order valence-corrected chi connectivity index (χ1v) is 9.85. The first-order chi connectivity index (χ1) is 15.1. The van der Waals surface area contributed by atoms with Crippen LogP contribution in [0.15, 0.2) is 72.9 Å². The second kappa shape index (κ2) is 10.7. The van der Waals surface area contributed by atoms with Crippen molar-refractivity contribution < 1.29 is 23.9 Å². The van der Waals surface area contributed by atoms with Crippen molar-refractivity contribution in [3.05, 3.63) is 84.1 Å². The number of esters is 1. The molecule has 7 heteroatoms. The zero-order chi connectivity index (χ0) is 22.1. The van der Waals surface area contributed by atoms with Crippen LogP contribution in [0, 0.1) is 0 Å². The van der Waals surface area contributed by atoms with Crippen molar-refractivity contribution in [1.82, 2.24) is 4.98 Å². The summed E-state index contributed by atoms with van der Waals surface area (Å²) in [6.45, 7) is 1.49. The van der Waals surface area contributed by atoms with Gasteiger partial charge >= 0.3 is 5.97 Å². The molecule has 0 fully saturated rings. The molecule has 0 aliphatic carbocycles. The first kappa shape index (κ1) is 21.7. The number of nitrogens with one attached hydrogen (secondary N) is 1. The topological polar surface area (TPSA) is 94.6 Å². The summed E-state index contributed by atoms with van der Waals surface area (Å²) in [4.78, 5) is 40.6. The largest absolute Gasteiger partial charge is 0.454 e. The third-order valence-electron chi connectivity index (χ3n) is 4.25. The fraction of sp³-hybridized carbons (Fsp3) is 0.167. The highest BCUT2D eigenvalue weighted by atomic mass is 16.5. The molecule has 7 nitrogen and oxygen atoms in total. The summed E-state index contributed by atoms with van der Waals surface area (Å²) in [5.41, 5.74) is 1.09. The number of nitrogens with zero attached hydrogens (tertiary/aromatic N) is 1. The fourth-order valence-electron chi connectivity index (χ4n) is 2.71. The van der Waals surface area contributed by atoms with Gasteiger partial charge in [-0.1, -0.05) is 25.1 Å². The van der Waals surface area contributed by atoms with E-state index < -0.39 is 12.6 Å². The highest BCUT2D eigenvalue weighted by Crippen LogP contribution is 2.23. The van der Waals surface area contributed by atoms with Gasteiger partial charge in [-0.25, -0.2) is 9.78 Å². The van der Waals surface area contributed by atoms with Gasteiger partial charge in [-0.3, -0.25) is 9.59 Å². The third kappa shape index (κ3) is 6.24. The Hall–Kier alpha value is -4.00. The van der Waals surface area contributed by atoms with E-state index in [1.54, 1.807) is 54.6 Å². The van der Waals surface area contributed by atoms with Gasteiger partial charge in [-0.15, -0.1) is 0 Å². The number of pyridine rings is 1. The molecule has 1 N–H and O–H groups in total. The molecule has 0 saturated carbocycles. The Labute approximate surface area is 180 Å². The molecule has 0 aliphatic rings. The average Bonchev–Trinajstić information content (AvgIpc) is 2.79. The summed E-state index contributed by atoms with van der Waals surface area (Å²) in [5, 5.41) is 2.75. The van der Waals surface area contributed by atoms with Gasteiger partial charge in [0.15, 0.2) is 12.4 Å². The Kier molecular flexibility index (Phi) is 7.48. The molecule has 0 bridgehead atoms. The van der Waals surface area contributed by atoms with Crippen LogP contribution in [0.4, 0.5) is 5.69 Å². The Morgan fingerprint density at radius 2 is 1.68 bits per heavy atom. The number of Topliss-reactive ketones (excluding diaryl/α,β-unsaturated/α-hetero) is 1. The maximum atomic E-state index is 12.5. The Balaban J connectivity index is 1.59. The van der Waals surface area contributed by atoms with Crippen LogP contribution >= 0.6 is 0 Å². The lowest BCUT2D eigenvalue weighted by Gasteiger charge is -2.10. The molecule has 158 valence electrons. The van der Waals surface area contributed by atoms with Gasteiger partial charge in [0.1, 0.15) is 11.3 Å². The zero-order valence-corrected chi connectivity index (χ0v) is 17.0. The molecule has 0 aliphatic heterocycles. The molecule has 1 aromatic heterocycles. The molecule has 0 radical (unpaired) electrons. The number of rotatable bonds is 9. The van der Waals surface area contributed by atoms with Gasteiger partial charge in [-0.2, -0.15) is 0 Å². The summed E-state index contributed by atoms with van der Waals surface area (Å²) < 4.78 is 10.8. The lowest BCUT2D eigenvalue weighted by molar-refractivity contribution is -0.116. The number of carbonyl (C=O) groups is 3. The van der Waals surface area contributed by atoms with Crippen LogP contribution in [0.1, 0.15) is 40.5 Å². The van der Waals surface area contributed by atoms with E-state index in [1.807, 2.05) is 13.0 Å². The summed E-state index contributed by atoms with van der Waals surface area (Å²) in [6.07, 6.45) is 2.69. The quantitative estimate of drug-likeness (QED) is 0.401. The van der Waals surface area contributed by atoms with Crippen molar-refractivity contribution in [2.45, 2.75) is 19.8 Å². The summed E-state index contributed by atoms with van der Waals surface area (Å²) in [6, 6.07) is 18.4. The molecule has 0 spiro atoms. The lowest BCUT2D eigenvalue weighted by Crippen LogP contribution is -2.15. The molecule has 3 aromatic rings.